The lowest BCUT2D eigenvalue weighted by atomic mass is 9.76. The number of nitrogens with zero attached hydrogens (tertiary/aromatic N) is 3. The van der Waals surface area contributed by atoms with Crippen LogP contribution >= 0.6 is 0 Å². The third-order valence-corrected chi connectivity index (χ3v) is 7.90. The minimum absolute atomic E-state index is 0.499. The monoisotopic (exact) mass is 491 g/mol. The number of benzene rings is 5. The molecule has 0 fully saturated rings. The lowest BCUT2D eigenvalue weighted by Crippen LogP contribution is -2.30. The minimum Gasteiger partial charge on any atom is -0.423 e. The molecular weight excluding hydrogens is 469 g/mol. The van der Waals surface area contributed by atoms with E-state index < -0.39 is 7.12 Å². The normalized spacial score (nSPS) is 12.8. The van der Waals surface area contributed by atoms with Gasteiger partial charge in [0.15, 0.2) is 0 Å². The first-order valence-corrected chi connectivity index (χ1v) is 12.9. The molecule has 0 unspecified atom stereocenters. The van der Waals surface area contributed by atoms with Crippen LogP contribution in [-0.4, -0.2) is 31.7 Å². The fourth-order valence-corrected chi connectivity index (χ4v) is 5.99. The van der Waals surface area contributed by atoms with Gasteiger partial charge in [-0.25, -0.2) is 9.97 Å². The molecule has 0 bridgehead atoms. The largest absolute Gasteiger partial charge is 0.489 e. The zero-order chi connectivity index (χ0) is 25.4. The molecule has 1 aliphatic carbocycles. The fourth-order valence-electron chi connectivity index (χ4n) is 5.99. The second kappa shape index (κ2) is 7.99. The van der Waals surface area contributed by atoms with Crippen molar-refractivity contribution in [2.45, 2.75) is 12.8 Å². The van der Waals surface area contributed by atoms with Crippen LogP contribution in [0.5, 0.6) is 0 Å². The van der Waals surface area contributed by atoms with Crippen LogP contribution in [0.25, 0.3) is 60.7 Å². The van der Waals surface area contributed by atoms with E-state index in [1.807, 2.05) is 66.7 Å². The molecule has 8 rings (SSSR count). The number of aromatic nitrogens is 3. The Morgan fingerprint density at radius 1 is 0.632 bits per heavy atom. The van der Waals surface area contributed by atoms with Gasteiger partial charge in [0.05, 0.1) is 22.2 Å². The third-order valence-electron chi connectivity index (χ3n) is 7.90. The topological polar surface area (TPSA) is 71.2 Å². The summed E-state index contributed by atoms with van der Waals surface area (Å²) >= 11 is 0. The molecule has 0 saturated carbocycles. The van der Waals surface area contributed by atoms with E-state index in [9.17, 15) is 10.0 Å². The van der Waals surface area contributed by atoms with Crippen molar-refractivity contribution in [1.82, 2.24) is 14.5 Å². The molecule has 0 radical (unpaired) electrons. The molecule has 0 saturated heterocycles. The van der Waals surface area contributed by atoms with Crippen molar-refractivity contribution in [3.05, 3.63) is 108 Å². The van der Waals surface area contributed by atoms with Crippen LogP contribution in [0, 0.1) is 0 Å². The highest BCUT2D eigenvalue weighted by Gasteiger charge is 2.25. The van der Waals surface area contributed by atoms with Crippen LogP contribution in [0.1, 0.15) is 11.1 Å². The number of hydrogen-bond acceptors (Lipinski definition) is 4. The Morgan fingerprint density at radius 3 is 2.08 bits per heavy atom. The summed E-state index contributed by atoms with van der Waals surface area (Å²) in [6.07, 6.45) is 2.12. The van der Waals surface area contributed by atoms with Crippen molar-refractivity contribution >= 4 is 56.1 Å². The van der Waals surface area contributed by atoms with E-state index in [2.05, 4.69) is 34.9 Å². The Labute approximate surface area is 218 Å². The smallest absolute Gasteiger partial charge is 0.423 e. The summed E-state index contributed by atoms with van der Waals surface area (Å²) in [7, 11) is -1.57. The van der Waals surface area contributed by atoms with Crippen LogP contribution in [0.2, 0.25) is 0 Å². The third kappa shape index (κ3) is 3.02. The number of para-hydroxylation sites is 1. The zero-order valence-corrected chi connectivity index (χ0v) is 20.5. The van der Waals surface area contributed by atoms with Gasteiger partial charge >= 0.3 is 7.12 Å². The molecule has 0 aliphatic heterocycles. The first-order valence-electron chi connectivity index (χ1n) is 12.9. The Hall–Kier alpha value is -4.52. The Kier molecular flexibility index (Phi) is 4.53. The van der Waals surface area contributed by atoms with Gasteiger partial charge in [-0.1, -0.05) is 78.9 Å². The van der Waals surface area contributed by atoms with Gasteiger partial charge in [-0.05, 0) is 53.0 Å². The molecule has 6 heteroatoms. The van der Waals surface area contributed by atoms with Crippen molar-refractivity contribution in [3.8, 4) is 17.2 Å². The summed E-state index contributed by atoms with van der Waals surface area (Å²) in [5.41, 5.74) is 7.99. The lowest BCUT2D eigenvalue weighted by Gasteiger charge is -2.19. The van der Waals surface area contributed by atoms with Crippen molar-refractivity contribution in [2.24, 2.45) is 0 Å². The zero-order valence-electron chi connectivity index (χ0n) is 20.5. The van der Waals surface area contributed by atoms with Crippen molar-refractivity contribution in [3.63, 3.8) is 0 Å². The number of rotatable bonds is 3. The predicted octanol–water partition coefficient (Wildman–Crippen LogP) is 5.33. The average molecular weight is 491 g/mol. The Morgan fingerprint density at radius 2 is 1.32 bits per heavy atom. The summed E-state index contributed by atoms with van der Waals surface area (Å²) in [6.45, 7) is 0. The second-order valence-electron chi connectivity index (χ2n) is 10.0. The SMILES string of the molecule is OB(O)c1cc2c3cc4c(cc3n(-c3nc(-c5ccccc5)c5ccccc5n3)c2c2ccccc12)CC4. The summed E-state index contributed by atoms with van der Waals surface area (Å²) in [4.78, 5) is 10.3. The molecule has 2 aromatic heterocycles. The first kappa shape index (κ1) is 21.6. The van der Waals surface area contributed by atoms with E-state index in [-0.39, 0.29) is 0 Å². The minimum atomic E-state index is -1.57. The Bertz CT molecular complexity index is 2070. The van der Waals surface area contributed by atoms with E-state index in [4.69, 9.17) is 9.97 Å². The first-order chi connectivity index (χ1) is 18.7. The molecule has 2 heterocycles. The van der Waals surface area contributed by atoms with Crippen LogP contribution < -0.4 is 5.46 Å². The molecule has 38 heavy (non-hydrogen) atoms. The summed E-state index contributed by atoms with van der Waals surface area (Å²) in [5.74, 6) is 0.601. The fraction of sp³-hybridized carbons (Fsp3) is 0.0625. The van der Waals surface area contributed by atoms with Crippen LogP contribution in [0.4, 0.5) is 0 Å². The van der Waals surface area contributed by atoms with E-state index in [1.165, 1.54) is 11.1 Å². The van der Waals surface area contributed by atoms with E-state index >= 15 is 0 Å². The summed E-state index contributed by atoms with van der Waals surface area (Å²) in [6, 6.07) is 32.7. The summed E-state index contributed by atoms with van der Waals surface area (Å²) in [5, 5.41) is 25.4. The lowest BCUT2D eigenvalue weighted by molar-refractivity contribution is 0.426. The maximum Gasteiger partial charge on any atom is 0.489 e. The molecule has 5 aromatic carbocycles. The second-order valence-corrected chi connectivity index (χ2v) is 10.0. The molecular formula is C32H22BN3O2. The molecule has 5 nitrogen and oxygen atoms in total. The van der Waals surface area contributed by atoms with Gasteiger partial charge in [0, 0.05) is 27.1 Å². The van der Waals surface area contributed by atoms with E-state index in [0.717, 1.165) is 67.6 Å². The van der Waals surface area contributed by atoms with Gasteiger partial charge in [0.2, 0.25) is 5.95 Å². The highest BCUT2D eigenvalue weighted by molar-refractivity contribution is 6.62. The predicted molar refractivity (Wildman–Crippen MR) is 154 cm³/mol. The highest BCUT2D eigenvalue weighted by Crippen LogP contribution is 2.39. The van der Waals surface area contributed by atoms with Gasteiger partial charge < -0.3 is 10.0 Å². The van der Waals surface area contributed by atoms with Crippen LogP contribution in [0.3, 0.4) is 0 Å². The maximum atomic E-state index is 10.3. The molecule has 0 atom stereocenters. The quantitative estimate of drug-likeness (QED) is 0.328. The standard InChI is InChI=1S/C32H22BN3O2/c37-33(38)27-18-26-25-16-20-14-15-21(20)17-29(25)36(31(26)23-11-5-4-10-22(23)27)32-34-28-13-7-6-12-24(28)30(35-32)19-8-2-1-3-9-19/h1-13,16-18,37-38H,14-15H2. The van der Waals surface area contributed by atoms with Gasteiger partial charge in [0.1, 0.15) is 0 Å². The molecule has 0 amide bonds. The summed E-state index contributed by atoms with van der Waals surface area (Å²) < 4.78 is 2.16. The van der Waals surface area contributed by atoms with Gasteiger partial charge in [-0.15, -0.1) is 0 Å². The van der Waals surface area contributed by atoms with Gasteiger partial charge in [-0.2, -0.15) is 0 Å². The maximum absolute atomic E-state index is 10.3. The number of hydrogen-bond donors (Lipinski definition) is 2. The van der Waals surface area contributed by atoms with E-state index in [1.54, 1.807) is 0 Å². The van der Waals surface area contributed by atoms with Crippen molar-refractivity contribution < 1.29 is 10.0 Å². The molecule has 180 valence electrons. The van der Waals surface area contributed by atoms with Crippen LogP contribution in [0.15, 0.2) is 97.1 Å². The number of fused-ring (bicyclic) bond motifs is 7. The molecule has 1 aliphatic rings. The molecule has 0 spiro atoms. The van der Waals surface area contributed by atoms with Crippen molar-refractivity contribution in [2.75, 3.05) is 0 Å². The highest BCUT2D eigenvalue weighted by atomic mass is 16.4. The van der Waals surface area contributed by atoms with Crippen molar-refractivity contribution in [1.29, 1.82) is 0 Å². The number of aryl methyl sites for hydroxylation is 2. The van der Waals surface area contributed by atoms with Crippen LogP contribution in [-0.2, 0) is 12.8 Å². The van der Waals surface area contributed by atoms with Gasteiger partial charge in [-0.3, -0.25) is 4.57 Å². The molecule has 7 aromatic rings. The molecule has 2 N–H and O–H groups in total. The van der Waals surface area contributed by atoms with E-state index in [0.29, 0.717) is 11.4 Å². The average Bonchev–Trinajstić information content (AvgIpc) is 3.26. The Balaban J connectivity index is 1.57. The van der Waals surface area contributed by atoms with Gasteiger partial charge in [0.25, 0.3) is 0 Å².